The van der Waals surface area contributed by atoms with Gasteiger partial charge in [-0.05, 0) is 29.3 Å². The number of hydrogen-bond acceptors (Lipinski definition) is 7. The van der Waals surface area contributed by atoms with Gasteiger partial charge in [-0.25, -0.2) is 4.98 Å². The van der Waals surface area contributed by atoms with Crippen LogP contribution in [0.1, 0.15) is 6.42 Å². The number of aliphatic hydroxyl groups is 1. The van der Waals surface area contributed by atoms with Gasteiger partial charge in [0.1, 0.15) is 6.10 Å². The first-order valence-corrected chi connectivity index (χ1v) is 12.5. The maximum atomic E-state index is 9.24. The van der Waals surface area contributed by atoms with Crippen molar-refractivity contribution < 1.29 is 19.3 Å². The van der Waals surface area contributed by atoms with Gasteiger partial charge in [-0.2, -0.15) is 4.98 Å². The zero-order valence-corrected chi connectivity index (χ0v) is 20.4. The van der Waals surface area contributed by atoms with Gasteiger partial charge in [-0.3, -0.25) is 0 Å². The molecule has 9 heteroatoms. The molecule has 0 aliphatic carbocycles. The zero-order valence-electron chi connectivity index (χ0n) is 19.7. The lowest BCUT2D eigenvalue weighted by Gasteiger charge is -2.28. The average molecular weight is 507 g/mol. The second-order valence-electron chi connectivity index (χ2n) is 9.07. The average Bonchev–Trinajstić information content (AvgIpc) is 3.55. The molecule has 2 fully saturated rings. The molecular formula is C27H27ClN4O4. The normalized spacial score (nSPS) is 20.2. The molecule has 0 saturated carbocycles. The summed E-state index contributed by atoms with van der Waals surface area (Å²) in [4.78, 5) is 14.7. The molecule has 1 unspecified atom stereocenters. The number of nitrogens with one attached hydrogen (secondary N) is 1. The molecule has 2 saturated heterocycles. The minimum Gasteiger partial charge on any atom is -0.459 e. The molecule has 2 aliphatic heterocycles. The van der Waals surface area contributed by atoms with Gasteiger partial charge < -0.3 is 29.2 Å². The van der Waals surface area contributed by atoms with E-state index < -0.39 is 0 Å². The van der Waals surface area contributed by atoms with Gasteiger partial charge in [0.25, 0.3) is 6.01 Å². The zero-order chi connectivity index (χ0) is 24.5. The molecule has 6 rings (SSSR count). The molecule has 4 heterocycles. The molecular weight excluding hydrogens is 480 g/mol. The van der Waals surface area contributed by atoms with Gasteiger partial charge in [-0.15, -0.1) is 0 Å². The van der Waals surface area contributed by atoms with Crippen molar-refractivity contribution in [3.63, 3.8) is 0 Å². The lowest BCUT2D eigenvalue weighted by atomic mass is 10.0. The summed E-state index contributed by atoms with van der Waals surface area (Å²) in [6.45, 7) is 3.81. The summed E-state index contributed by atoms with van der Waals surface area (Å²) in [5.41, 5.74) is 6.32. The number of aromatic amines is 1. The Labute approximate surface area is 213 Å². The van der Waals surface area contributed by atoms with Gasteiger partial charge in [0.15, 0.2) is 5.65 Å². The van der Waals surface area contributed by atoms with Crippen molar-refractivity contribution in [1.29, 1.82) is 0 Å². The van der Waals surface area contributed by atoms with Crippen LogP contribution >= 0.6 is 11.6 Å². The number of halogens is 1. The van der Waals surface area contributed by atoms with Crippen LogP contribution in [0.4, 0.5) is 5.69 Å². The van der Waals surface area contributed by atoms with Crippen LogP contribution in [0.2, 0.25) is 5.02 Å². The Bertz CT molecular complexity index is 1340. The summed E-state index contributed by atoms with van der Waals surface area (Å²) in [6, 6.07) is 19.0. The van der Waals surface area contributed by atoms with Crippen molar-refractivity contribution in [2.24, 2.45) is 0 Å². The number of fused-ring (bicyclic) bond motifs is 1. The number of imidazole rings is 1. The Balaban J connectivity index is 1.19. The first kappa shape index (κ1) is 23.2. The second-order valence-corrected chi connectivity index (χ2v) is 9.48. The van der Waals surface area contributed by atoms with Crippen LogP contribution in [-0.2, 0) is 9.47 Å². The molecule has 2 atom stereocenters. The Hall–Kier alpha value is -3.17. The first-order chi connectivity index (χ1) is 17.7. The first-order valence-electron chi connectivity index (χ1n) is 12.2. The van der Waals surface area contributed by atoms with E-state index in [-0.39, 0.29) is 18.8 Å². The third-order valence-corrected chi connectivity index (χ3v) is 6.95. The highest BCUT2D eigenvalue weighted by molar-refractivity contribution is 6.33. The van der Waals surface area contributed by atoms with Crippen molar-refractivity contribution in [2.75, 3.05) is 44.4 Å². The molecule has 36 heavy (non-hydrogen) atoms. The quantitative estimate of drug-likeness (QED) is 0.402. The number of ether oxygens (including phenoxy) is 3. The fraction of sp³-hybridized carbons (Fsp3) is 0.333. The van der Waals surface area contributed by atoms with Crippen LogP contribution in [0, 0.1) is 0 Å². The van der Waals surface area contributed by atoms with Crippen molar-refractivity contribution in [3.8, 4) is 28.4 Å². The topological polar surface area (TPSA) is 92.7 Å². The van der Waals surface area contributed by atoms with E-state index in [0.717, 1.165) is 43.0 Å². The van der Waals surface area contributed by atoms with Crippen LogP contribution in [0.3, 0.4) is 0 Å². The van der Waals surface area contributed by atoms with E-state index in [1.165, 1.54) is 5.69 Å². The minimum atomic E-state index is -0.191. The SMILES string of the molecule is OC[C@@H]1CC(Oc2nc3nc(-c4ccc(-c5ccc(N6CCOCC6)cc5)cc4)c(Cl)cc3[nH]2)CO1. The Morgan fingerprint density at radius 2 is 1.69 bits per heavy atom. The van der Waals surface area contributed by atoms with Crippen molar-refractivity contribution in [3.05, 3.63) is 59.6 Å². The predicted octanol–water partition coefficient (Wildman–Crippen LogP) is 4.31. The van der Waals surface area contributed by atoms with Crippen LogP contribution in [0.25, 0.3) is 33.5 Å². The largest absolute Gasteiger partial charge is 0.459 e. The van der Waals surface area contributed by atoms with E-state index in [9.17, 15) is 5.11 Å². The van der Waals surface area contributed by atoms with E-state index in [2.05, 4.69) is 51.3 Å². The number of H-pyrrole nitrogens is 1. The Morgan fingerprint density at radius 3 is 2.39 bits per heavy atom. The smallest absolute Gasteiger partial charge is 0.296 e. The Morgan fingerprint density at radius 1 is 1.00 bits per heavy atom. The summed E-state index contributed by atoms with van der Waals surface area (Å²) in [5, 5.41) is 9.77. The molecule has 0 bridgehead atoms. The van der Waals surface area contributed by atoms with Crippen LogP contribution in [0.5, 0.6) is 6.01 Å². The number of rotatable bonds is 6. The molecule has 2 N–H and O–H groups in total. The Kier molecular flexibility index (Phi) is 6.50. The van der Waals surface area contributed by atoms with Gasteiger partial charge in [0.05, 0.1) is 48.8 Å². The maximum Gasteiger partial charge on any atom is 0.296 e. The molecule has 2 aromatic heterocycles. The molecule has 0 amide bonds. The number of morpholine rings is 1. The number of nitrogens with zero attached hydrogens (tertiary/aromatic N) is 3. The summed E-state index contributed by atoms with van der Waals surface area (Å²) >= 11 is 6.59. The fourth-order valence-corrected chi connectivity index (χ4v) is 4.96. The van der Waals surface area contributed by atoms with Crippen molar-refractivity contribution in [1.82, 2.24) is 15.0 Å². The van der Waals surface area contributed by atoms with Crippen molar-refractivity contribution in [2.45, 2.75) is 18.6 Å². The lowest BCUT2D eigenvalue weighted by Crippen LogP contribution is -2.36. The van der Waals surface area contributed by atoms with Crippen LogP contribution in [-0.4, -0.2) is 71.8 Å². The van der Waals surface area contributed by atoms with E-state index >= 15 is 0 Å². The number of anilines is 1. The van der Waals surface area contributed by atoms with E-state index in [4.69, 9.17) is 30.8 Å². The predicted molar refractivity (Wildman–Crippen MR) is 139 cm³/mol. The summed E-state index contributed by atoms with van der Waals surface area (Å²) in [6.07, 6.45) is 0.271. The highest BCUT2D eigenvalue weighted by Gasteiger charge is 2.27. The fourth-order valence-electron chi connectivity index (χ4n) is 4.70. The molecule has 4 aromatic rings. The van der Waals surface area contributed by atoms with Gasteiger partial charge in [-0.1, -0.05) is 48.0 Å². The van der Waals surface area contributed by atoms with Crippen LogP contribution < -0.4 is 9.64 Å². The second kappa shape index (κ2) is 10.1. The van der Waals surface area contributed by atoms with Gasteiger partial charge >= 0.3 is 0 Å². The molecule has 2 aliphatic rings. The van der Waals surface area contributed by atoms with Crippen LogP contribution in [0.15, 0.2) is 54.6 Å². The molecule has 0 radical (unpaired) electrons. The lowest BCUT2D eigenvalue weighted by molar-refractivity contribution is 0.0528. The van der Waals surface area contributed by atoms with E-state index in [1.54, 1.807) is 0 Å². The maximum absolute atomic E-state index is 9.24. The number of hydrogen-bond donors (Lipinski definition) is 2. The summed E-state index contributed by atoms with van der Waals surface area (Å²) in [7, 11) is 0. The van der Waals surface area contributed by atoms with Crippen molar-refractivity contribution >= 4 is 28.5 Å². The standard InChI is InChI=1S/C27H27ClN4O4/c28-23-14-24-26(31-27(29-24)36-22-13-21(15-33)35-16-22)30-25(23)19-3-1-17(2-4-19)18-5-7-20(8-6-18)32-9-11-34-12-10-32/h1-8,14,21-22,33H,9-13,15-16H2,(H,29,30,31)/t21-,22?/m0/s1. The minimum absolute atomic E-state index is 0.0148. The summed E-state index contributed by atoms with van der Waals surface area (Å²) in [5.74, 6) is 0. The number of benzene rings is 2. The van der Waals surface area contributed by atoms with E-state index in [1.807, 2.05) is 18.2 Å². The molecule has 2 aromatic carbocycles. The summed E-state index contributed by atoms with van der Waals surface area (Å²) < 4.78 is 16.8. The monoisotopic (exact) mass is 506 g/mol. The van der Waals surface area contributed by atoms with Gasteiger partial charge in [0, 0.05) is 30.8 Å². The highest BCUT2D eigenvalue weighted by atomic mass is 35.5. The third kappa shape index (κ3) is 4.77. The molecule has 186 valence electrons. The highest BCUT2D eigenvalue weighted by Crippen LogP contribution is 2.32. The number of aromatic nitrogens is 3. The molecule has 0 spiro atoms. The number of aliphatic hydroxyl groups excluding tert-OH is 1. The number of pyridine rings is 1. The van der Waals surface area contributed by atoms with E-state index in [0.29, 0.717) is 40.9 Å². The van der Waals surface area contributed by atoms with Gasteiger partial charge in [0.2, 0.25) is 0 Å². The molecule has 8 nitrogen and oxygen atoms in total. The third-order valence-electron chi connectivity index (χ3n) is 6.67.